The molecule has 0 aliphatic carbocycles. The van der Waals surface area contributed by atoms with E-state index in [2.05, 4.69) is 36.1 Å². The first kappa shape index (κ1) is 13.2. The summed E-state index contributed by atoms with van der Waals surface area (Å²) >= 11 is 5.70. The van der Waals surface area contributed by atoms with Crippen molar-refractivity contribution in [1.29, 1.82) is 0 Å². The van der Waals surface area contributed by atoms with E-state index in [0.717, 1.165) is 23.8 Å². The maximum Gasteiger partial charge on any atom is 0.133 e. The Morgan fingerprint density at radius 3 is 2.56 bits per heavy atom. The number of nitrogens with one attached hydrogen (secondary N) is 1. The number of halogens is 1. The first-order valence-corrected chi connectivity index (χ1v) is 6.24. The molecule has 0 aromatic carbocycles. The van der Waals surface area contributed by atoms with E-state index >= 15 is 0 Å². The van der Waals surface area contributed by atoms with Crippen LogP contribution in [0.1, 0.15) is 44.6 Å². The number of hydrogen-bond acceptors (Lipinski definition) is 3. The average Bonchev–Trinajstić information content (AvgIpc) is 2.16. The molecule has 0 bridgehead atoms. The van der Waals surface area contributed by atoms with Gasteiger partial charge < -0.3 is 5.32 Å². The van der Waals surface area contributed by atoms with Crippen molar-refractivity contribution in [2.75, 3.05) is 11.2 Å². The van der Waals surface area contributed by atoms with Gasteiger partial charge in [-0.15, -0.1) is 11.6 Å². The van der Waals surface area contributed by atoms with Crippen molar-refractivity contribution in [2.24, 2.45) is 0 Å². The van der Waals surface area contributed by atoms with Crippen LogP contribution in [0.2, 0.25) is 0 Å². The molecule has 0 aliphatic rings. The topological polar surface area (TPSA) is 37.8 Å². The van der Waals surface area contributed by atoms with Gasteiger partial charge in [0.2, 0.25) is 0 Å². The monoisotopic (exact) mass is 241 g/mol. The minimum Gasteiger partial charge on any atom is -0.367 e. The molecular weight excluding hydrogens is 222 g/mol. The molecule has 0 radical (unpaired) electrons. The molecule has 0 saturated carbocycles. The van der Waals surface area contributed by atoms with Crippen LogP contribution in [0.5, 0.6) is 0 Å². The molecule has 1 unspecified atom stereocenters. The van der Waals surface area contributed by atoms with Gasteiger partial charge in [0.25, 0.3) is 0 Å². The zero-order valence-electron chi connectivity index (χ0n) is 10.4. The number of aryl methyl sites for hydroxylation is 1. The number of anilines is 1. The lowest BCUT2D eigenvalue weighted by Gasteiger charge is -2.15. The molecule has 4 heteroatoms. The average molecular weight is 242 g/mol. The molecular formula is C12H20ClN3. The van der Waals surface area contributed by atoms with E-state index in [1.807, 2.05) is 13.0 Å². The van der Waals surface area contributed by atoms with E-state index in [1.165, 1.54) is 0 Å². The highest BCUT2D eigenvalue weighted by atomic mass is 35.5. The molecule has 1 rings (SSSR count). The molecule has 0 saturated heterocycles. The van der Waals surface area contributed by atoms with Crippen molar-refractivity contribution in [1.82, 2.24) is 9.97 Å². The fourth-order valence-electron chi connectivity index (χ4n) is 1.41. The van der Waals surface area contributed by atoms with Gasteiger partial charge in [-0.1, -0.05) is 13.8 Å². The number of nitrogens with zero attached hydrogens (tertiary/aromatic N) is 2. The summed E-state index contributed by atoms with van der Waals surface area (Å²) in [6.45, 7) is 8.29. The van der Waals surface area contributed by atoms with E-state index in [9.17, 15) is 0 Å². The van der Waals surface area contributed by atoms with Crippen molar-refractivity contribution in [3.05, 3.63) is 17.6 Å². The molecule has 0 aliphatic heterocycles. The normalized spacial score (nSPS) is 12.9. The molecule has 0 fully saturated rings. The van der Waals surface area contributed by atoms with Gasteiger partial charge in [-0.3, -0.25) is 0 Å². The maximum atomic E-state index is 5.70. The molecule has 0 spiro atoms. The SMILES string of the molecule is Cc1cc(NC(C)CCCl)nc(C(C)C)n1. The van der Waals surface area contributed by atoms with Gasteiger partial charge in [-0.2, -0.15) is 0 Å². The Morgan fingerprint density at radius 2 is 2.00 bits per heavy atom. The van der Waals surface area contributed by atoms with Crippen LogP contribution >= 0.6 is 11.6 Å². The van der Waals surface area contributed by atoms with Crippen LogP contribution in [-0.2, 0) is 0 Å². The molecule has 90 valence electrons. The Hall–Kier alpha value is -0.830. The smallest absolute Gasteiger partial charge is 0.133 e. The molecule has 0 amide bonds. The largest absolute Gasteiger partial charge is 0.367 e. The number of rotatable bonds is 5. The van der Waals surface area contributed by atoms with Crippen LogP contribution in [-0.4, -0.2) is 21.9 Å². The van der Waals surface area contributed by atoms with Gasteiger partial charge in [-0.25, -0.2) is 9.97 Å². The fraction of sp³-hybridized carbons (Fsp3) is 0.667. The third-order valence-electron chi connectivity index (χ3n) is 2.32. The fourth-order valence-corrected chi connectivity index (χ4v) is 1.74. The zero-order chi connectivity index (χ0) is 12.1. The standard InChI is InChI=1S/C12H20ClN3/c1-8(2)12-15-10(4)7-11(16-12)14-9(3)5-6-13/h7-9H,5-6H2,1-4H3,(H,14,15,16). The summed E-state index contributed by atoms with van der Waals surface area (Å²) in [4.78, 5) is 8.90. The minimum absolute atomic E-state index is 0.340. The molecule has 16 heavy (non-hydrogen) atoms. The predicted molar refractivity (Wildman–Crippen MR) is 69.3 cm³/mol. The van der Waals surface area contributed by atoms with Crippen LogP contribution in [0.3, 0.4) is 0 Å². The summed E-state index contributed by atoms with van der Waals surface area (Å²) in [7, 11) is 0. The van der Waals surface area contributed by atoms with Crippen molar-refractivity contribution in [3.8, 4) is 0 Å². The zero-order valence-corrected chi connectivity index (χ0v) is 11.2. The summed E-state index contributed by atoms with van der Waals surface area (Å²) in [5, 5.41) is 3.34. The van der Waals surface area contributed by atoms with Gasteiger partial charge in [-0.05, 0) is 20.3 Å². The van der Waals surface area contributed by atoms with Gasteiger partial charge in [0, 0.05) is 29.6 Å². The molecule has 1 atom stereocenters. The Kier molecular flexibility index (Phi) is 5.00. The predicted octanol–water partition coefficient (Wildman–Crippen LogP) is 3.34. The highest BCUT2D eigenvalue weighted by Crippen LogP contribution is 2.14. The first-order valence-electron chi connectivity index (χ1n) is 5.71. The van der Waals surface area contributed by atoms with E-state index in [-0.39, 0.29) is 0 Å². The highest BCUT2D eigenvalue weighted by molar-refractivity contribution is 6.17. The van der Waals surface area contributed by atoms with Crippen molar-refractivity contribution >= 4 is 17.4 Å². The lowest BCUT2D eigenvalue weighted by Crippen LogP contribution is -2.17. The van der Waals surface area contributed by atoms with Gasteiger partial charge >= 0.3 is 0 Å². The highest BCUT2D eigenvalue weighted by Gasteiger charge is 2.08. The van der Waals surface area contributed by atoms with Crippen LogP contribution in [0.15, 0.2) is 6.07 Å². The maximum absolute atomic E-state index is 5.70. The molecule has 1 N–H and O–H groups in total. The van der Waals surface area contributed by atoms with Crippen molar-refractivity contribution in [2.45, 2.75) is 46.1 Å². The van der Waals surface area contributed by atoms with Gasteiger partial charge in [0.15, 0.2) is 0 Å². The Balaban J connectivity index is 2.80. The van der Waals surface area contributed by atoms with E-state index < -0.39 is 0 Å². The van der Waals surface area contributed by atoms with Gasteiger partial charge in [0.1, 0.15) is 11.6 Å². The number of alkyl halides is 1. The number of aromatic nitrogens is 2. The van der Waals surface area contributed by atoms with Gasteiger partial charge in [0.05, 0.1) is 0 Å². The van der Waals surface area contributed by atoms with Crippen LogP contribution < -0.4 is 5.32 Å². The Morgan fingerprint density at radius 1 is 1.31 bits per heavy atom. The van der Waals surface area contributed by atoms with Crippen LogP contribution in [0.25, 0.3) is 0 Å². The quantitative estimate of drug-likeness (QED) is 0.804. The minimum atomic E-state index is 0.340. The summed E-state index contributed by atoms with van der Waals surface area (Å²) in [5.41, 5.74) is 0.999. The lowest BCUT2D eigenvalue weighted by atomic mass is 10.2. The molecule has 1 aromatic rings. The summed E-state index contributed by atoms with van der Waals surface area (Å²) in [5.74, 6) is 2.80. The lowest BCUT2D eigenvalue weighted by molar-refractivity contribution is 0.739. The second-order valence-corrected chi connectivity index (χ2v) is 4.81. The van der Waals surface area contributed by atoms with Crippen molar-refractivity contribution < 1.29 is 0 Å². The third-order valence-corrected chi connectivity index (χ3v) is 2.54. The van der Waals surface area contributed by atoms with E-state index in [4.69, 9.17) is 11.6 Å². The van der Waals surface area contributed by atoms with E-state index in [1.54, 1.807) is 0 Å². The Labute approximate surface area is 103 Å². The summed E-state index contributed by atoms with van der Waals surface area (Å²) in [6, 6.07) is 2.31. The number of hydrogen-bond donors (Lipinski definition) is 1. The third kappa shape index (κ3) is 3.97. The molecule has 1 aromatic heterocycles. The molecule has 1 heterocycles. The van der Waals surface area contributed by atoms with Crippen LogP contribution in [0.4, 0.5) is 5.82 Å². The first-order chi connectivity index (χ1) is 7.52. The molecule has 3 nitrogen and oxygen atoms in total. The second kappa shape index (κ2) is 6.04. The summed E-state index contributed by atoms with van der Waals surface area (Å²) in [6.07, 6.45) is 0.932. The van der Waals surface area contributed by atoms with Crippen molar-refractivity contribution in [3.63, 3.8) is 0 Å². The summed E-state index contributed by atoms with van der Waals surface area (Å²) < 4.78 is 0. The van der Waals surface area contributed by atoms with E-state index in [0.29, 0.717) is 17.8 Å². The second-order valence-electron chi connectivity index (χ2n) is 4.43. The van der Waals surface area contributed by atoms with Crippen LogP contribution in [0, 0.1) is 6.92 Å². The Bertz CT molecular complexity index is 339.